The third-order valence-electron chi connectivity index (χ3n) is 7.04. The van der Waals surface area contributed by atoms with Gasteiger partial charge in [0.15, 0.2) is 0 Å². The second kappa shape index (κ2) is 13.3. The molecule has 12 nitrogen and oxygen atoms in total. The van der Waals surface area contributed by atoms with Crippen LogP contribution >= 0.6 is 0 Å². The maximum atomic E-state index is 12.3. The predicted molar refractivity (Wildman–Crippen MR) is 157 cm³/mol. The Labute approximate surface area is 235 Å². The molecule has 214 valence electrons. The number of methoxy groups -OCH3 is 1. The lowest BCUT2D eigenvalue weighted by atomic mass is 10.1. The highest BCUT2D eigenvalue weighted by Crippen LogP contribution is 2.39. The van der Waals surface area contributed by atoms with Crippen LogP contribution in [-0.4, -0.2) is 73.1 Å². The van der Waals surface area contributed by atoms with Gasteiger partial charge < -0.3 is 31.0 Å². The first-order valence-electron chi connectivity index (χ1n) is 13.4. The molecule has 0 radical (unpaired) electrons. The van der Waals surface area contributed by atoms with Crippen LogP contribution in [0.5, 0.6) is 5.75 Å². The van der Waals surface area contributed by atoms with Gasteiger partial charge in [0.05, 0.1) is 31.1 Å². The first-order chi connectivity index (χ1) is 19.4. The van der Waals surface area contributed by atoms with E-state index in [-0.39, 0.29) is 17.8 Å². The maximum absolute atomic E-state index is 12.3. The van der Waals surface area contributed by atoms with Gasteiger partial charge >= 0.3 is 0 Å². The molecule has 0 unspecified atom stereocenters. The number of likely N-dealkylation sites (N-methyl/N-ethyl adjacent to an activating group) is 1. The third-order valence-corrected chi connectivity index (χ3v) is 7.04. The molecule has 0 spiro atoms. The van der Waals surface area contributed by atoms with Crippen molar-refractivity contribution in [3.05, 3.63) is 66.3 Å². The number of aryl methyl sites for hydroxylation is 1. The van der Waals surface area contributed by atoms with E-state index in [0.717, 1.165) is 56.1 Å². The Morgan fingerprint density at radius 3 is 2.70 bits per heavy atom. The first kappa shape index (κ1) is 28.9. The number of nitrogens with one attached hydrogen (secondary N) is 2. The van der Waals surface area contributed by atoms with E-state index in [2.05, 4.69) is 44.0 Å². The van der Waals surface area contributed by atoms with E-state index in [1.807, 2.05) is 31.3 Å². The minimum absolute atomic E-state index is 0.0917. The monoisotopic (exact) mass is 549 g/mol. The summed E-state index contributed by atoms with van der Waals surface area (Å²) in [7, 11) is 1.58. The van der Waals surface area contributed by atoms with Gasteiger partial charge in [-0.1, -0.05) is 19.6 Å². The zero-order valence-corrected chi connectivity index (χ0v) is 23.4. The number of anilines is 2. The molecular formula is C28H39N9O3. The van der Waals surface area contributed by atoms with E-state index in [1.54, 1.807) is 24.3 Å². The number of aliphatic imine (C=N–C) groups is 1. The molecule has 0 bridgehead atoms. The van der Waals surface area contributed by atoms with Crippen molar-refractivity contribution in [3.8, 4) is 5.75 Å². The average molecular weight is 550 g/mol. The maximum Gasteiger partial charge on any atom is 0.247 e. The van der Waals surface area contributed by atoms with Gasteiger partial charge in [-0.25, -0.2) is 15.9 Å². The summed E-state index contributed by atoms with van der Waals surface area (Å²) in [6.07, 6.45) is 5.42. The fourth-order valence-electron chi connectivity index (χ4n) is 4.83. The highest BCUT2D eigenvalue weighted by atomic mass is 16.7. The fourth-order valence-corrected chi connectivity index (χ4v) is 4.83. The number of benzene rings is 1. The summed E-state index contributed by atoms with van der Waals surface area (Å²) >= 11 is 0. The summed E-state index contributed by atoms with van der Waals surface area (Å²) in [5, 5.41) is 4.59. The smallest absolute Gasteiger partial charge is 0.247 e. The van der Waals surface area contributed by atoms with Crippen molar-refractivity contribution in [1.29, 1.82) is 0 Å². The molecule has 0 aliphatic carbocycles. The summed E-state index contributed by atoms with van der Waals surface area (Å²) in [5.74, 6) is 6.67. The molecule has 2 aliphatic heterocycles. The molecule has 0 saturated carbocycles. The number of hydrazine groups is 1. The molecule has 2 aromatic rings. The number of piperazine rings is 1. The molecule has 2 aliphatic rings. The number of rotatable bonds is 10. The molecule has 2 saturated heterocycles. The highest BCUT2D eigenvalue weighted by Gasteiger charge is 2.30. The molecule has 1 aromatic heterocycles. The Kier molecular flexibility index (Phi) is 9.59. The number of carbonyl (C=O) groups excluding carboxylic acids is 1. The molecule has 3 heterocycles. The number of aromatic nitrogens is 1. The van der Waals surface area contributed by atoms with E-state index >= 15 is 0 Å². The number of nitrogens with zero attached hydrogens (tertiary/aromatic N) is 5. The van der Waals surface area contributed by atoms with E-state index in [0.29, 0.717) is 29.6 Å². The second-order valence-corrected chi connectivity index (χ2v) is 9.56. The zero-order valence-electron chi connectivity index (χ0n) is 23.4. The third kappa shape index (κ3) is 6.71. The van der Waals surface area contributed by atoms with Crippen molar-refractivity contribution in [2.75, 3.05) is 56.7 Å². The number of hydroxylamine groups is 2. The van der Waals surface area contributed by atoms with Crippen LogP contribution in [-0.2, 0) is 9.63 Å². The van der Waals surface area contributed by atoms with Crippen LogP contribution in [0.4, 0.5) is 17.1 Å². The van der Waals surface area contributed by atoms with Crippen LogP contribution < -0.4 is 32.0 Å². The van der Waals surface area contributed by atoms with Crippen LogP contribution in [0.1, 0.15) is 30.6 Å². The van der Waals surface area contributed by atoms with Crippen molar-refractivity contribution in [2.45, 2.75) is 26.3 Å². The van der Waals surface area contributed by atoms with Crippen molar-refractivity contribution < 1.29 is 14.4 Å². The summed E-state index contributed by atoms with van der Waals surface area (Å²) < 4.78 is 5.69. The Bertz CT molecular complexity index is 1250. The van der Waals surface area contributed by atoms with Gasteiger partial charge in [-0.3, -0.25) is 14.6 Å². The quantitative estimate of drug-likeness (QED) is 0.114. The van der Waals surface area contributed by atoms with E-state index in [9.17, 15) is 4.79 Å². The Hall–Kier alpha value is -4.13. The number of amidine groups is 1. The number of hydrogen-bond donors (Lipinski definition) is 4. The summed E-state index contributed by atoms with van der Waals surface area (Å²) in [6.45, 7) is 12.7. The van der Waals surface area contributed by atoms with Crippen molar-refractivity contribution in [1.82, 2.24) is 20.4 Å². The molecule has 40 heavy (non-hydrogen) atoms. The fraction of sp³-hybridized carbons (Fsp3) is 0.393. The molecule has 1 amide bonds. The molecule has 1 aromatic carbocycles. The van der Waals surface area contributed by atoms with Crippen molar-refractivity contribution >= 4 is 28.8 Å². The van der Waals surface area contributed by atoms with Crippen LogP contribution in [0.25, 0.3) is 0 Å². The number of pyridine rings is 1. The van der Waals surface area contributed by atoms with Gasteiger partial charge in [0.25, 0.3) is 0 Å². The largest absolute Gasteiger partial charge is 0.494 e. The topological polar surface area (TPSA) is 147 Å². The number of ether oxygens (including phenoxy) is 1. The lowest BCUT2D eigenvalue weighted by molar-refractivity contribution is -0.111. The molecule has 4 rings (SSSR count). The minimum atomic E-state index is -0.321. The van der Waals surface area contributed by atoms with Crippen molar-refractivity contribution in [2.24, 2.45) is 16.6 Å². The molecular weight excluding hydrogens is 510 g/mol. The Morgan fingerprint density at radius 2 is 2.08 bits per heavy atom. The summed E-state index contributed by atoms with van der Waals surface area (Å²) in [6, 6.07) is 7.52. The van der Waals surface area contributed by atoms with E-state index < -0.39 is 0 Å². The van der Waals surface area contributed by atoms with Crippen molar-refractivity contribution in [3.63, 3.8) is 0 Å². The lowest BCUT2D eigenvalue weighted by Gasteiger charge is -2.36. The number of carbonyl (C=O) groups is 1. The second-order valence-electron chi connectivity index (χ2n) is 9.56. The van der Waals surface area contributed by atoms with E-state index in [4.69, 9.17) is 21.2 Å². The Morgan fingerprint density at radius 1 is 1.30 bits per heavy atom. The first-order valence-corrected chi connectivity index (χ1v) is 13.4. The van der Waals surface area contributed by atoms with Crippen LogP contribution in [0.15, 0.2) is 60.0 Å². The molecule has 6 N–H and O–H groups in total. The average Bonchev–Trinajstić information content (AvgIpc) is 3.46. The summed E-state index contributed by atoms with van der Waals surface area (Å²) in [5.41, 5.74) is 12.9. The van der Waals surface area contributed by atoms with Crippen LogP contribution in [0, 0.1) is 6.92 Å². The normalized spacial score (nSPS) is 18.6. The van der Waals surface area contributed by atoms with Crippen LogP contribution in [0.3, 0.4) is 0 Å². The van der Waals surface area contributed by atoms with Crippen LogP contribution in [0.2, 0.25) is 0 Å². The standard InChI is InChI=1S/C28H39N9O3/c1-5-28(38)33-21-15-22(25(39-4)16-24(21)36-12-10-35(6-2)11-13-36)32-26(29)17-27(34-30)37-23(9-14-40-37)20-8-7-19(3)31-18-20/h5,7-8,15-18,23,34H,1,6,9-14,30H2,2-4H3,(H2,29,32)(H,33,38)/b27-17+/t23-/m1/s1. The van der Waals surface area contributed by atoms with Gasteiger partial charge in [-0.15, -0.1) is 0 Å². The molecule has 2 fully saturated rings. The van der Waals surface area contributed by atoms with Gasteiger partial charge in [-0.05, 0) is 37.2 Å². The summed E-state index contributed by atoms with van der Waals surface area (Å²) in [4.78, 5) is 31.8. The van der Waals surface area contributed by atoms with Gasteiger partial charge in [0.2, 0.25) is 5.91 Å². The number of hydrogen-bond acceptors (Lipinski definition) is 10. The number of amides is 1. The lowest BCUT2D eigenvalue weighted by Crippen LogP contribution is -2.46. The van der Waals surface area contributed by atoms with Gasteiger partial charge in [0.1, 0.15) is 23.1 Å². The highest BCUT2D eigenvalue weighted by molar-refractivity contribution is 6.02. The van der Waals surface area contributed by atoms with E-state index in [1.165, 1.54) is 6.08 Å². The minimum Gasteiger partial charge on any atom is -0.494 e. The van der Waals surface area contributed by atoms with Gasteiger partial charge in [0, 0.05) is 56.6 Å². The zero-order chi connectivity index (χ0) is 28.6. The number of nitrogens with two attached hydrogens (primary N) is 2. The SMILES string of the molecule is C=CC(=O)Nc1cc(N=C(N)/C=C(\NN)N2OCC[C@@H]2c2ccc(C)nc2)c(OC)cc1N1CCN(CC)CC1. The molecule has 12 heteroatoms. The Balaban J connectivity index is 1.65. The van der Waals surface area contributed by atoms with Gasteiger partial charge in [-0.2, -0.15) is 0 Å². The molecule has 1 atom stereocenters. The predicted octanol–water partition coefficient (Wildman–Crippen LogP) is 2.34.